The summed E-state index contributed by atoms with van der Waals surface area (Å²) in [5.41, 5.74) is 0. The van der Waals surface area contributed by atoms with Crippen molar-refractivity contribution >= 4 is 27.4 Å². The van der Waals surface area contributed by atoms with Gasteiger partial charge in [-0.05, 0) is 50.8 Å². The summed E-state index contributed by atoms with van der Waals surface area (Å²) in [6, 6.07) is 1.28. The molecule has 0 saturated carbocycles. The summed E-state index contributed by atoms with van der Waals surface area (Å²) >= 11 is 1.86. The van der Waals surface area contributed by atoms with Crippen LogP contribution in [0, 0.1) is 0 Å². The van der Waals surface area contributed by atoms with Gasteiger partial charge in [0.15, 0.2) is 0 Å². The van der Waals surface area contributed by atoms with E-state index in [0.717, 1.165) is 12.3 Å². The molecule has 4 nitrogen and oxygen atoms in total. The molecule has 1 heterocycles. The minimum atomic E-state index is -1.94. The van der Waals surface area contributed by atoms with Crippen LogP contribution in [0.15, 0.2) is 0 Å². The fourth-order valence-electron chi connectivity index (χ4n) is 2.29. The molecule has 1 fully saturated rings. The predicted octanol–water partition coefficient (Wildman–Crippen LogP) is 2.40. The molecule has 0 aromatic heterocycles. The molecule has 1 aliphatic heterocycles. The Morgan fingerprint density at radius 3 is 2.50 bits per heavy atom. The van der Waals surface area contributed by atoms with Gasteiger partial charge in [-0.15, -0.1) is 11.2 Å². The minimum Gasteiger partial charge on any atom is -0.406 e. The summed E-state index contributed by atoms with van der Waals surface area (Å²) in [6.45, 7) is 6.80. The smallest absolute Gasteiger partial charge is 0.402 e. The van der Waals surface area contributed by atoms with Crippen LogP contribution in [-0.4, -0.2) is 60.9 Å². The zero-order chi connectivity index (χ0) is 13.6. The first-order chi connectivity index (χ1) is 8.49. The van der Waals surface area contributed by atoms with Crippen LogP contribution in [0.1, 0.15) is 12.8 Å². The topological polar surface area (TPSA) is 30.9 Å². The van der Waals surface area contributed by atoms with E-state index in [1.54, 1.807) is 14.2 Å². The van der Waals surface area contributed by atoms with Crippen molar-refractivity contribution in [3.63, 3.8) is 0 Å². The van der Waals surface area contributed by atoms with Gasteiger partial charge in [-0.1, -0.05) is 0 Å². The van der Waals surface area contributed by atoms with E-state index in [1.807, 2.05) is 18.3 Å². The zero-order valence-corrected chi connectivity index (χ0v) is 15.1. The van der Waals surface area contributed by atoms with E-state index < -0.39 is 16.2 Å². The van der Waals surface area contributed by atoms with Crippen LogP contribution in [0.4, 0.5) is 0 Å². The highest BCUT2D eigenvalue weighted by molar-refractivity contribution is 8.27. The molecular formula is C11H27NO3SSi2. The summed E-state index contributed by atoms with van der Waals surface area (Å²) < 4.78 is 19.3. The van der Waals surface area contributed by atoms with E-state index in [4.69, 9.17) is 13.3 Å². The summed E-state index contributed by atoms with van der Waals surface area (Å²) in [4.78, 5) is 0. The third-order valence-electron chi connectivity index (χ3n) is 3.86. The SMILES string of the molecule is CO[Si](C)(OC)SCCCN1CCC[Si]1(C)OC. The van der Waals surface area contributed by atoms with E-state index in [9.17, 15) is 0 Å². The molecule has 1 rings (SSSR count). The molecule has 0 aliphatic carbocycles. The van der Waals surface area contributed by atoms with Gasteiger partial charge in [0.1, 0.15) is 0 Å². The van der Waals surface area contributed by atoms with Gasteiger partial charge in [0.25, 0.3) is 8.48 Å². The molecule has 0 amide bonds. The average Bonchev–Trinajstić information content (AvgIpc) is 2.76. The quantitative estimate of drug-likeness (QED) is 0.507. The molecule has 0 N–H and O–H groups in total. The van der Waals surface area contributed by atoms with E-state index in [2.05, 4.69) is 17.7 Å². The maximum absolute atomic E-state index is 5.77. The van der Waals surface area contributed by atoms with Gasteiger partial charge in [0.2, 0.25) is 0 Å². The van der Waals surface area contributed by atoms with Crippen LogP contribution >= 0.6 is 11.2 Å². The fourth-order valence-corrected chi connectivity index (χ4v) is 8.44. The Hall–Kier alpha value is 0.624. The number of hydrogen-bond donors (Lipinski definition) is 0. The highest BCUT2D eigenvalue weighted by Gasteiger charge is 2.40. The van der Waals surface area contributed by atoms with E-state index in [1.165, 1.54) is 25.4 Å². The number of nitrogens with zero attached hydrogens (tertiary/aromatic N) is 1. The Kier molecular flexibility index (Phi) is 6.87. The molecule has 7 heteroatoms. The van der Waals surface area contributed by atoms with Gasteiger partial charge in [-0.25, -0.2) is 0 Å². The predicted molar refractivity (Wildman–Crippen MR) is 82.3 cm³/mol. The van der Waals surface area contributed by atoms with E-state index in [0.29, 0.717) is 0 Å². The third kappa shape index (κ3) is 4.33. The average molecular weight is 310 g/mol. The van der Waals surface area contributed by atoms with Crippen LogP contribution in [0.2, 0.25) is 19.1 Å². The van der Waals surface area contributed by atoms with Crippen molar-refractivity contribution in [2.24, 2.45) is 0 Å². The molecule has 1 aliphatic rings. The van der Waals surface area contributed by atoms with Crippen molar-refractivity contribution in [3.05, 3.63) is 0 Å². The monoisotopic (exact) mass is 309 g/mol. The van der Waals surface area contributed by atoms with Crippen LogP contribution in [0.25, 0.3) is 0 Å². The second-order valence-corrected chi connectivity index (χ2v) is 15.2. The second kappa shape index (κ2) is 7.42. The molecule has 0 aromatic carbocycles. The van der Waals surface area contributed by atoms with Gasteiger partial charge in [0, 0.05) is 21.3 Å². The molecule has 0 bridgehead atoms. The first-order valence-electron chi connectivity index (χ1n) is 6.54. The first kappa shape index (κ1) is 16.7. The lowest BCUT2D eigenvalue weighted by Crippen LogP contribution is -2.48. The Morgan fingerprint density at radius 1 is 1.28 bits per heavy atom. The molecule has 1 unspecified atom stereocenters. The number of rotatable bonds is 8. The van der Waals surface area contributed by atoms with Crippen molar-refractivity contribution in [2.75, 3.05) is 40.2 Å². The maximum atomic E-state index is 5.77. The van der Waals surface area contributed by atoms with Gasteiger partial charge in [0.05, 0.1) is 0 Å². The molecule has 0 aromatic rings. The van der Waals surface area contributed by atoms with Crippen molar-refractivity contribution in [3.8, 4) is 0 Å². The van der Waals surface area contributed by atoms with E-state index >= 15 is 0 Å². The highest BCUT2D eigenvalue weighted by atomic mass is 32.4. The molecule has 108 valence electrons. The summed E-state index contributed by atoms with van der Waals surface area (Å²) in [5.74, 6) is 1.11. The summed E-state index contributed by atoms with van der Waals surface area (Å²) in [7, 11) is 1.90. The molecule has 18 heavy (non-hydrogen) atoms. The lowest BCUT2D eigenvalue weighted by atomic mass is 10.4. The lowest BCUT2D eigenvalue weighted by Gasteiger charge is -2.31. The maximum Gasteiger partial charge on any atom is 0.402 e. The summed E-state index contributed by atoms with van der Waals surface area (Å²) in [6.07, 6.45) is 2.48. The van der Waals surface area contributed by atoms with Crippen molar-refractivity contribution < 1.29 is 13.3 Å². The number of hydrogen-bond acceptors (Lipinski definition) is 5. The van der Waals surface area contributed by atoms with Crippen LogP contribution in [0.5, 0.6) is 0 Å². The van der Waals surface area contributed by atoms with Crippen LogP contribution in [-0.2, 0) is 13.3 Å². The van der Waals surface area contributed by atoms with Gasteiger partial charge in [-0.2, -0.15) is 0 Å². The van der Waals surface area contributed by atoms with Gasteiger partial charge in [-0.3, -0.25) is 0 Å². The second-order valence-electron chi connectivity index (χ2n) is 4.94. The lowest BCUT2D eigenvalue weighted by molar-refractivity contribution is 0.276. The summed E-state index contributed by atoms with van der Waals surface area (Å²) in [5, 5.41) is 0. The zero-order valence-electron chi connectivity index (χ0n) is 12.3. The van der Waals surface area contributed by atoms with Crippen molar-refractivity contribution in [2.45, 2.75) is 32.0 Å². The Bertz CT molecular complexity index is 256. The largest absolute Gasteiger partial charge is 0.406 e. The Labute approximate surface area is 117 Å². The molecule has 1 saturated heterocycles. The normalized spacial score (nSPS) is 25.8. The molecule has 0 spiro atoms. The Morgan fingerprint density at radius 2 is 1.94 bits per heavy atom. The van der Waals surface area contributed by atoms with Crippen LogP contribution in [0.3, 0.4) is 0 Å². The highest BCUT2D eigenvalue weighted by Crippen LogP contribution is 2.27. The standard InChI is InChI=1S/C11H27NO3SSi2/c1-13-17(4)11-7-9-12(17)8-6-10-16-18(5,14-2)15-3/h6-11H2,1-5H3. The molecule has 1 atom stereocenters. The van der Waals surface area contributed by atoms with Gasteiger partial charge < -0.3 is 17.8 Å². The Balaban J connectivity index is 2.26. The minimum absolute atomic E-state index is 1.11. The third-order valence-corrected chi connectivity index (χ3v) is 13.5. The van der Waals surface area contributed by atoms with Crippen molar-refractivity contribution in [1.82, 2.24) is 4.57 Å². The first-order valence-corrected chi connectivity index (χ1v) is 13.1. The van der Waals surface area contributed by atoms with Crippen LogP contribution < -0.4 is 0 Å². The van der Waals surface area contributed by atoms with E-state index in [-0.39, 0.29) is 0 Å². The molecular weight excluding hydrogens is 282 g/mol. The fraction of sp³-hybridized carbons (Fsp3) is 1.00. The molecule has 0 radical (unpaired) electrons. The van der Waals surface area contributed by atoms with Crippen molar-refractivity contribution in [1.29, 1.82) is 0 Å². The van der Waals surface area contributed by atoms with Gasteiger partial charge >= 0.3 is 7.71 Å².